The molecule has 0 aliphatic heterocycles. The Hall–Kier alpha value is -2.88. The van der Waals surface area contributed by atoms with Gasteiger partial charge in [-0.05, 0) is 23.8 Å². The minimum atomic E-state index is -4.96. The van der Waals surface area contributed by atoms with Crippen LogP contribution in [0, 0.1) is 5.82 Å². The molecule has 11 heteroatoms. The van der Waals surface area contributed by atoms with Gasteiger partial charge in [0.05, 0.1) is 10.7 Å². The molecular weight excluding hydrogens is 384 g/mol. The van der Waals surface area contributed by atoms with E-state index in [-0.39, 0.29) is 25.8 Å². The number of aliphatic carboxylic acids is 1. The van der Waals surface area contributed by atoms with Crippen molar-refractivity contribution < 1.29 is 27.5 Å². The fourth-order valence-electron chi connectivity index (χ4n) is 2.13. The Morgan fingerprint density at radius 3 is 2.38 bits per heavy atom. The number of hydrogen-bond acceptors (Lipinski definition) is 3. The van der Waals surface area contributed by atoms with Crippen LogP contribution >= 0.6 is 11.6 Å². The van der Waals surface area contributed by atoms with Crippen LogP contribution in [0.4, 0.5) is 17.6 Å². The number of rotatable bonds is 3. The van der Waals surface area contributed by atoms with Gasteiger partial charge in [0, 0.05) is 19.2 Å². The van der Waals surface area contributed by atoms with E-state index < -0.39 is 40.6 Å². The highest BCUT2D eigenvalue weighted by atomic mass is 35.5. The van der Waals surface area contributed by atoms with Crippen molar-refractivity contribution in [2.24, 2.45) is 7.05 Å². The Labute approximate surface area is 147 Å². The lowest BCUT2D eigenvalue weighted by molar-refractivity contribution is -0.144. The Balaban J connectivity index is 2.79. The average Bonchev–Trinajstić information content (AvgIpc) is 2.50. The summed E-state index contributed by atoms with van der Waals surface area (Å²) in [5.41, 5.74) is -5.06. The van der Waals surface area contributed by atoms with Crippen molar-refractivity contribution in [3.05, 3.63) is 67.2 Å². The number of carboxylic acid groups (broad SMARTS) is 1. The first-order valence-corrected chi connectivity index (χ1v) is 7.12. The minimum absolute atomic E-state index is 0.0562. The lowest BCUT2D eigenvalue weighted by atomic mass is 10.1. The molecule has 1 heterocycles. The first kappa shape index (κ1) is 19.4. The molecule has 0 fully saturated rings. The summed E-state index contributed by atoms with van der Waals surface area (Å²) in [6.07, 6.45) is -3.30. The predicted molar refractivity (Wildman–Crippen MR) is 83.9 cm³/mol. The third-order valence-corrected chi connectivity index (χ3v) is 3.65. The number of carboxylic acids is 1. The summed E-state index contributed by atoms with van der Waals surface area (Å²) in [5.74, 6) is -2.49. The zero-order valence-corrected chi connectivity index (χ0v) is 13.6. The molecule has 0 aliphatic carbocycles. The highest BCUT2D eigenvalue weighted by Crippen LogP contribution is 2.27. The molecule has 2 rings (SSSR count). The van der Waals surface area contributed by atoms with E-state index in [2.05, 4.69) is 0 Å². The van der Waals surface area contributed by atoms with Crippen LogP contribution in [0.15, 0.2) is 33.9 Å². The van der Waals surface area contributed by atoms with Gasteiger partial charge in [-0.15, -0.1) is 0 Å². The van der Waals surface area contributed by atoms with Crippen LogP contribution < -0.4 is 11.2 Å². The smallest absolute Gasteiger partial charge is 0.431 e. The maximum absolute atomic E-state index is 14.2. The molecular formula is C15H9ClF4N2O4. The molecule has 26 heavy (non-hydrogen) atoms. The highest BCUT2D eigenvalue weighted by molar-refractivity contribution is 6.32. The van der Waals surface area contributed by atoms with Crippen LogP contribution in [0.3, 0.4) is 0 Å². The Morgan fingerprint density at radius 2 is 1.85 bits per heavy atom. The van der Waals surface area contributed by atoms with Gasteiger partial charge in [0.2, 0.25) is 0 Å². The number of alkyl halides is 3. The second-order valence-corrected chi connectivity index (χ2v) is 5.45. The van der Waals surface area contributed by atoms with Gasteiger partial charge in [-0.25, -0.2) is 18.5 Å². The Morgan fingerprint density at radius 1 is 1.23 bits per heavy atom. The first-order valence-electron chi connectivity index (χ1n) is 6.74. The van der Waals surface area contributed by atoms with E-state index in [1.54, 1.807) is 0 Å². The van der Waals surface area contributed by atoms with E-state index in [0.29, 0.717) is 12.1 Å². The summed E-state index contributed by atoms with van der Waals surface area (Å²) in [6, 6.07) is 1.75. The van der Waals surface area contributed by atoms with E-state index in [1.165, 1.54) is 0 Å². The maximum Gasteiger partial charge on any atom is 0.431 e. The fraction of sp³-hybridized carbons (Fsp3) is 0.133. The molecule has 0 spiro atoms. The normalized spacial score (nSPS) is 11.9. The van der Waals surface area contributed by atoms with Crippen LogP contribution in [0.2, 0.25) is 5.02 Å². The quantitative estimate of drug-likeness (QED) is 0.642. The van der Waals surface area contributed by atoms with Gasteiger partial charge in [-0.2, -0.15) is 13.2 Å². The lowest BCUT2D eigenvalue weighted by Crippen LogP contribution is -2.41. The summed E-state index contributed by atoms with van der Waals surface area (Å²) < 4.78 is 53.1. The van der Waals surface area contributed by atoms with E-state index >= 15 is 0 Å². The van der Waals surface area contributed by atoms with Gasteiger partial charge < -0.3 is 5.11 Å². The summed E-state index contributed by atoms with van der Waals surface area (Å²) in [7, 11) is 0.778. The van der Waals surface area contributed by atoms with Crippen molar-refractivity contribution >= 4 is 23.6 Å². The molecule has 0 aliphatic rings. The fourth-order valence-corrected chi connectivity index (χ4v) is 2.35. The van der Waals surface area contributed by atoms with Crippen molar-refractivity contribution in [3.8, 4) is 5.69 Å². The summed E-state index contributed by atoms with van der Waals surface area (Å²) in [6.45, 7) is 0. The number of carbonyl (C=O) groups is 1. The van der Waals surface area contributed by atoms with Gasteiger partial charge in [0.1, 0.15) is 11.5 Å². The first-order chi connectivity index (χ1) is 11.9. The topological polar surface area (TPSA) is 81.3 Å². The van der Waals surface area contributed by atoms with E-state index in [9.17, 15) is 31.9 Å². The van der Waals surface area contributed by atoms with Gasteiger partial charge >= 0.3 is 17.8 Å². The SMILES string of the molecule is Cn1c(C(F)(F)F)cc(=O)n(-c2cc(/C=C/C(=O)O)c(Cl)cc2F)c1=O. The van der Waals surface area contributed by atoms with Crippen molar-refractivity contribution in [1.29, 1.82) is 0 Å². The number of halogens is 5. The molecule has 1 N–H and O–H groups in total. The predicted octanol–water partition coefficient (Wildman–Crippen LogP) is 2.45. The maximum atomic E-state index is 14.2. The number of benzene rings is 1. The van der Waals surface area contributed by atoms with E-state index in [0.717, 1.165) is 19.2 Å². The molecule has 1 aromatic carbocycles. The third-order valence-electron chi connectivity index (χ3n) is 3.32. The summed E-state index contributed by atoms with van der Waals surface area (Å²) in [4.78, 5) is 34.8. The molecule has 0 radical (unpaired) electrons. The van der Waals surface area contributed by atoms with Crippen LogP contribution in [-0.4, -0.2) is 20.2 Å². The molecule has 0 saturated carbocycles. The van der Waals surface area contributed by atoms with Crippen molar-refractivity contribution in [1.82, 2.24) is 9.13 Å². The van der Waals surface area contributed by atoms with Gasteiger partial charge in [-0.3, -0.25) is 9.36 Å². The number of nitrogens with zero attached hydrogens (tertiary/aromatic N) is 2. The second-order valence-electron chi connectivity index (χ2n) is 5.04. The van der Waals surface area contributed by atoms with Crippen LogP contribution in [-0.2, 0) is 18.0 Å². The zero-order valence-electron chi connectivity index (χ0n) is 12.8. The minimum Gasteiger partial charge on any atom is -0.478 e. The molecule has 0 amide bonds. The second kappa shape index (κ2) is 6.79. The molecule has 0 unspecified atom stereocenters. The number of aromatic nitrogens is 2. The zero-order chi connectivity index (χ0) is 19.8. The lowest BCUT2D eigenvalue weighted by Gasteiger charge is -2.14. The van der Waals surface area contributed by atoms with Gasteiger partial charge in [0.15, 0.2) is 0 Å². The summed E-state index contributed by atoms with van der Waals surface area (Å²) >= 11 is 5.76. The highest BCUT2D eigenvalue weighted by Gasteiger charge is 2.35. The van der Waals surface area contributed by atoms with Crippen LogP contribution in [0.5, 0.6) is 0 Å². The van der Waals surface area contributed by atoms with E-state index in [1.807, 2.05) is 0 Å². The van der Waals surface area contributed by atoms with Crippen LogP contribution in [0.1, 0.15) is 11.3 Å². The van der Waals surface area contributed by atoms with Crippen LogP contribution in [0.25, 0.3) is 11.8 Å². The molecule has 0 saturated heterocycles. The van der Waals surface area contributed by atoms with Gasteiger partial charge in [0.25, 0.3) is 5.56 Å². The molecule has 1 aromatic heterocycles. The molecule has 2 aromatic rings. The molecule has 138 valence electrons. The average molecular weight is 393 g/mol. The Kier molecular flexibility index (Phi) is 5.08. The number of hydrogen-bond donors (Lipinski definition) is 1. The Bertz CT molecular complexity index is 1040. The van der Waals surface area contributed by atoms with Gasteiger partial charge in [-0.1, -0.05) is 11.6 Å². The molecule has 0 bridgehead atoms. The van der Waals surface area contributed by atoms with Crippen molar-refractivity contribution in [3.63, 3.8) is 0 Å². The third kappa shape index (κ3) is 3.69. The monoisotopic (exact) mass is 392 g/mol. The van der Waals surface area contributed by atoms with Crippen molar-refractivity contribution in [2.45, 2.75) is 6.18 Å². The van der Waals surface area contributed by atoms with E-state index in [4.69, 9.17) is 16.7 Å². The summed E-state index contributed by atoms with van der Waals surface area (Å²) in [5, 5.41) is 8.40. The standard InChI is InChI=1S/C15H9ClF4N2O4/c1-21-11(15(18,19)20)6-12(23)22(14(21)26)10-4-7(2-3-13(24)25)8(16)5-9(10)17/h2-6H,1H3,(H,24,25)/b3-2+. The molecule has 0 atom stereocenters. The molecule has 6 nitrogen and oxygen atoms in total. The van der Waals surface area contributed by atoms with Crippen molar-refractivity contribution in [2.75, 3.05) is 0 Å². The largest absolute Gasteiger partial charge is 0.478 e.